The first-order chi connectivity index (χ1) is 4.16. The highest BCUT2D eigenvalue weighted by Gasteiger charge is 1.99. The van der Waals surface area contributed by atoms with Crippen LogP contribution in [0.25, 0.3) is 0 Å². The molecule has 0 saturated heterocycles. The Morgan fingerprint density at radius 1 is 1.78 bits per heavy atom. The lowest BCUT2D eigenvalue weighted by Crippen LogP contribution is -2.26. The van der Waals surface area contributed by atoms with E-state index in [1.807, 2.05) is 6.92 Å². The van der Waals surface area contributed by atoms with Crippen molar-refractivity contribution in [3.63, 3.8) is 0 Å². The summed E-state index contributed by atoms with van der Waals surface area (Å²) in [5.74, 6) is -0.265. The molecule has 54 valence electrons. The first-order valence-electron chi connectivity index (χ1n) is 3.05. The summed E-state index contributed by atoms with van der Waals surface area (Å²) >= 11 is 0. The molecule has 0 aliphatic carbocycles. The Labute approximate surface area is 55.2 Å². The standard InChI is InChI=1S/C6H13NO2/c1-3-6(7)4-9-5(2)8/h6H,3-4,7H2,1-2H3/t6-/m1/s1. The van der Waals surface area contributed by atoms with E-state index in [9.17, 15) is 4.79 Å². The summed E-state index contributed by atoms with van der Waals surface area (Å²) < 4.78 is 4.63. The molecule has 0 aliphatic heterocycles. The van der Waals surface area contributed by atoms with Crippen molar-refractivity contribution in [3.8, 4) is 0 Å². The first kappa shape index (κ1) is 8.43. The fourth-order valence-electron chi connectivity index (χ4n) is 0.342. The predicted molar refractivity (Wildman–Crippen MR) is 34.9 cm³/mol. The molecule has 0 aromatic carbocycles. The van der Waals surface area contributed by atoms with Gasteiger partial charge >= 0.3 is 5.97 Å². The summed E-state index contributed by atoms with van der Waals surface area (Å²) in [7, 11) is 0. The van der Waals surface area contributed by atoms with E-state index < -0.39 is 0 Å². The van der Waals surface area contributed by atoms with Crippen LogP contribution in [-0.4, -0.2) is 18.6 Å². The van der Waals surface area contributed by atoms with Crippen LogP contribution < -0.4 is 5.73 Å². The normalized spacial score (nSPS) is 12.8. The molecule has 0 spiro atoms. The number of rotatable bonds is 3. The number of ether oxygens (including phenoxy) is 1. The Balaban J connectivity index is 3.16. The summed E-state index contributed by atoms with van der Waals surface area (Å²) in [6.07, 6.45) is 0.841. The fourth-order valence-corrected chi connectivity index (χ4v) is 0.342. The molecule has 0 aromatic heterocycles. The molecule has 0 heterocycles. The van der Waals surface area contributed by atoms with E-state index in [0.717, 1.165) is 6.42 Å². The Hall–Kier alpha value is -0.570. The van der Waals surface area contributed by atoms with E-state index >= 15 is 0 Å². The van der Waals surface area contributed by atoms with Gasteiger partial charge in [-0.25, -0.2) is 0 Å². The molecule has 0 unspecified atom stereocenters. The van der Waals surface area contributed by atoms with Crippen LogP contribution in [0.3, 0.4) is 0 Å². The highest BCUT2D eigenvalue weighted by molar-refractivity contribution is 5.65. The van der Waals surface area contributed by atoms with Gasteiger partial charge in [-0.2, -0.15) is 0 Å². The topological polar surface area (TPSA) is 52.3 Å². The summed E-state index contributed by atoms with van der Waals surface area (Å²) in [5.41, 5.74) is 5.44. The van der Waals surface area contributed by atoms with E-state index in [2.05, 4.69) is 4.74 Å². The van der Waals surface area contributed by atoms with Gasteiger partial charge in [-0.1, -0.05) is 6.92 Å². The van der Waals surface area contributed by atoms with Gasteiger partial charge in [0.2, 0.25) is 0 Å². The third-order valence-corrected chi connectivity index (χ3v) is 1.03. The molecule has 0 amide bonds. The highest BCUT2D eigenvalue weighted by Crippen LogP contribution is 1.86. The maximum Gasteiger partial charge on any atom is 0.302 e. The van der Waals surface area contributed by atoms with Gasteiger partial charge in [-0.05, 0) is 6.42 Å². The van der Waals surface area contributed by atoms with Crippen LogP contribution in [0.2, 0.25) is 0 Å². The summed E-state index contributed by atoms with van der Waals surface area (Å²) in [6, 6.07) is -0.00565. The molecule has 2 N–H and O–H groups in total. The molecule has 9 heavy (non-hydrogen) atoms. The number of hydrogen-bond acceptors (Lipinski definition) is 3. The zero-order chi connectivity index (χ0) is 7.28. The highest BCUT2D eigenvalue weighted by atomic mass is 16.5. The van der Waals surface area contributed by atoms with Crippen molar-refractivity contribution < 1.29 is 9.53 Å². The number of hydrogen-bond donors (Lipinski definition) is 1. The Kier molecular flexibility index (Phi) is 4.05. The van der Waals surface area contributed by atoms with E-state index in [1.165, 1.54) is 6.92 Å². The molecule has 0 radical (unpaired) electrons. The first-order valence-corrected chi connectivity index (χ1v) is 3.05. The van der Waals surface area contributed by atoms with Crippen LogP contribution in [0.1, 0.15) is 20.3 Å². The smallest absolute Gasteiger partial charge is 0.302 e. The van der Waals surface area contributed by atoms with Gasteiger partial charge in [-0.3, -0.25) is 4.79 Å². The number of nitrogens with two attached hydrogens (primary N) is 1. The van der Waals surface area contributed by atoms with Gasteiger partial charge in [0.25, 0.3) is 0 Å². The lowest BCUT2D eigenvalue weighted by Gasteiger charge is -2.06. The number of esters is 1. The summed E-state index contributed by atoms with van der Waals surface area (Å²) in [4.78, 5) is 10.2. The van der Waals surface area contributed by atoms with Crippen LogP contribution >= 0.6 is 0 Å². The minimum atomic E-state index is -0.265. The van der Waals surface area contributed by atoms with E-state index in [-0.39, 0.29) is 12.0 Å². The molecule has 0 rings (SSSR count). The molecule has 0 bridgehead atoms. The van der Waals surface area contributed by atoms with E-state index in [0.29, 0.717) is 6.61 Å². The maximum atomic E-state index is 10.2. The minimum absolute atomic E-state index is 0.00565. The summed E-state index contributed by atoms with van der Waals surface area (Å²) in [5, 5.41) is 0. The Morgan fingerprint density at radius 2 is 2.33 bits per heavy atom. The largest absolute Gasteiger partial charge is 0.464 e. The van der Waals surface area contributed by atoms with Crippen molar-refractivity contribution in [2.45, 2.75) is 26.3 Å². The SMILES string of the molecule is CC[C@@H](N)COC(C)=O. The molecule has 0 aromatic rings. The van der Waals surface area contributed by atoms with E-state index in [4.69, 9.17) is 5.73 Å². The van der Waals surface area contributed by atoms with Crippen LogP contribution in [-0.2, 0) is 9.53 Å². The lowest BCUT2D eigenvalue weighted by molar-refractivity contribution is -0.141. The molecule has 0 aliphatic rings. The number of carbonyl (C=O) groups excluding carboxylic acids is 1. The van der Waals surface area contributed by atoms with Gasteiger partial charge in [0.15, 0.2) is 0 Å². The van der Waals surface area contributed by atoms with E-state index in [1.54, 1.807) is 0 Å². The van der Waals surface area contributed by atoms with Gasteiger partial charge in [0.1, 0.15) is 6.61 Å². The van der Waals surface area contributed by atoms with Crippen LogP contribution in [0, 0.1) is 0 Å². The molecule has 0 saturated carbocycles. The van der Waals surface area contributed by atoms with Gasteiger partial charge in [0, 0.05) is 13.0 Å². The molecule has 3 nitrogen and oxygen atoms in total. The zero-order valence-corrected chi connectivity index (χ0v) is 5.89. The average molecular weight is 131 g/mol. The lowest BCUT2D eigenvalue weighted by atomic mass is 10.3. The van der Waals surface area contributed by atoms with Crippen molar-refractivity contribution >= 4 is 5.97 Å². The second-order valence-corrected chi connectivity index (χ2v) is 1.97. The zero-order valence-electron chi connectivity index (χ0n) is 5.89. The fraction of sp³-hybridized carbons (Fsp3) is 0.833. The van der Waals surface area contributed by atoms with Crippen molar-refractivity contribution in [1.82, 2.24) is 0 Å². The minimum Gasteiger partial charge on any atom is -0.464 e. The van der Waals surface area contributed by atoms with Crippen molar-refractivity contribution in [2.24, 2.45) is 5.73 Å². The molecule has 0 fully saturated rings. The summed E-state index contributed by atoms with van der Waals surface area (Å²) in [6.45, 7) is 3.67. The van der Waals surface area contributed by atoms with Crippen molar-refractivity contribution in [3.05, 3.63) is 0 Å². The molecule has 1 atom stereocenters. The van der Waals surface area contributed by atoms with Gasteiger partial charge < -0.3 is 10.5 Å². The third kappa shape index (κ3) is 5.30. The monoisotopic (exact) mass is 131 g/mol. The Morgan fingerprint density at radius 3 is 2.67 bits per heavy atom. The average Bonchev–Trinajstić information content (AvgIpc) is 1.83. The van der Waals surface area contributed by atoms with Crippen LogP contribution in [0.5, 0.6) is 0 Å². The second kappa shape index (κ2) is 4.32. The van der Waals surface area contributed by atoms with Crippen LogP contribution in [0.15, 0.2) is 0 Å². The quantitative estimate of drug-likeness (QED) is 0.560. The number of carbonyl (C=O) groups is 1. The maximum absolute atomic E-state index is 10.2. The predicted octanol–water partition coefficient (Wildman–Crippen LogP) is 0.287. The second-order valence-electron chi connectivity index (χ2n) is 1.97. The molecular formula is C6H13NO2. The Bertz CT molecular complexity index is 93.1. The van der Waals surface area contributed by atoms with Gasteiger partial charge in [0.05, 0.1) is 0 Å². The third-order valence-electron chi connectivity index (χ3n) is 1.03. The van der Waals surface area contributed by atoms with Crippen molar-refractivity contribution in [1.29, 1.82) is 0 Å². The van der Waals surface area contributed by atoms with Gasteiger partial charge in [-0.15, -0.1) is 0 Å². The molecular weight excluding hydrogens is 118 g/mol. The van der Waals surface area contributed by atoms with Crippen molar-refractivity contribution in [2.75, 3.05) is 6.61 Å². The molecule has 3 heteroatoms. The van der Waals surface area contributed by atoms with Crippen LogP contribution in [0.4, 0.5) is 0 Å².